The lowest BCUT2D eigenvalue weighted by molar-refractivity contribution is 0.0776. The van der Waals surface area contributed by atoms with E-state index in [9.17, 15) is 0 Å². The molecule has 0 saturated carbocycles. The van der Waals surface area contributed by atoms with Gasteiger partial charge in [0.1, 0.15) is 6.10 Å². The van der Waals surface area contributed by atoms with E-state index in [1.54, 1.807) is 0 Å². The molecule has 3 heteroatoms. The Kier molecular flexibility index (Phi) is 4.97. The summed E-state index contributed by atoms with van der Waals surface area (Å²) in [7, 11) is 0. The van der Waals surface area contributed by atoms with E-state index in [2.05, 4.69) is 53.8 Å². The molecule has 1 heterocycles. The molecule has 1 atom stereocenters. The van der Waals surface area contributed by atoms with Crippen molar-refractivity contribution >= 4 is 12.4 Å². The molecule has 2 aromatic rings. The summed E-state index contributed by atoms with van der Waals surface area (Å²) in [5.74, 6) is 0. The first kappa shape index (κ1) is 14.1. The average molecular weight is 276 g/mol. The number of ether oxygens (including phenoxy) is 1. The minimum absolute atomic E-state index is 0. The van der Waals surface area contributed by atoms with Gasteiger partial charge in [-0.05, 0) is 16.7 Å². The molecule has 1 aliphatic heterocycles. The maximum atomic E-state index is 6.03. The maximum Gasteiger partial charge on any atom is 0.108 e. The molecule has 0 fully saturated rings. The summed E-state index contributed by atoms with van der Waals surface area (Å²) in [6.07, 6.45) is 0.0597. The molecule has 2 aromatic carbocycles. The van der Waals surface area contributed by atoms with E-state index in [0.717, 1.165) is 19.7 Å². The van der Waals surface area contributed by atoms with Gasteiger partial charge in [-0.15, -0.1) is 12.4 Å². The summed E-state index contributed by atoms with van der Waals surface area (Å²) in [5, 5.41) is 3.39. The molecule has 0 spiro atoms. The minimum atomic E-state index is 0. The van der Waals surface area contributed by atoms with Gasteiger partial charge in [-0.2, -0.15) is 0 Å². The van der Waals surface area contributed by atoms with Gasteiger partial charge in [-0.25, -0.2) is 0 Å². The average Bonchev–Trinajstić information content (AvgIpc) is 2.41. The fourth-order valence-electron chi connectivity index (χ4n) is 2.42. The molecule has 19 heavy (non-hydrogen) atoms. The van der Waals surface area contributed by atoms with Crippen LogP contribution in [0.4, 0.5) is 0 Å². The predicted octanol–water partition coefficient (Wildman–Crippen LogP) is 3.32. The van der Waals surface area contributed by atoms with Gasteiger partial charge in [0.15, 0.2) is 0 Å². The number of benzene rings is 2. The standard InChI is InChI=1S/C16H17NO.ClH/c1-2-6-13(7-3-1)16-15-9-5-4-8-14(15)12-17-10-11-18-16;/h1-9,16-17H,10-12H2;1H. The number of rotatable bonds is 1. The molecule has 0 bridgehead atoms. The highest BCUT2D eigenvalue weighted by Crippen LogP contribution is 2.29. The molecule has 3 rings (SSSR count). The Labute approximate surface area is 120 Å². The van der Waals surface area contributed by atoms with Crippen molar-refractivity contribution in [2.24, 2.45) is 0 Å². The third-order valence-corrected chi connectivity index (χ3v) is 3.32. The molecule has 2 nitrogen and oxygen atoms in total. The molecule has 0 saturated heterocycles. The van der Waals surface area contributed by atoms with Gasteiger partial charge in [0.25, 0.3) is 0 Å². The third kappa shape index (κ3) is 3.16. The molecular weight excluding hydrogens is 258 g/mol. The monoisotopic (exact) mass is 275 g/mol. The van der Waals surface area contributed by atoms with E-state index in [4.69, 9.17) is 4.74 Å². The molecule has 1 unspecified atom stereocenters. The van der Waals surface area contributed by atoms with Crippen molar-refractivity contribution in [3.05, 3.63) is 71.3 Å². The van der Waals surface area contributed by atoms with Crippen LogP contribution in [-0.4, -0.2) is 13.2 Å². The normalized spacial score (nSPS) is 18.6. The van der Waals surface area contributed by atoms with Gasteiger partial charge >= 0.3 is 0 Å². The first-order chi connectivity index (χ1) is 8.95. The molecule has 0 amide bonds. The Hall–Kier alpha value is -1.35. The summed E-state index contributed by atoms with van der Waals surface area (Å²) in [6.45, 7) is 2.56. The highest BCUT2D eigenvalue weighted by atomic mass is 35.5. The second kappa shape index (κ2) is 6.71. The molecule has 1 aliphatic rings. The fraction of sp³-hybridized carbons (Fsp3) is 0.250. The van der Waals surface area contributed by atoms with Gasteiger partial charge in [-0.3, -0.25) is 0 Å². The Morgan fingerprint density at radius 2 is 1.68 bits per heavy atom. The summed E-state index contributed by atoms with van der Waals surface area (Å²) in [4.78, 5) is 0. The number of halogens is 1. The molecule has 1 N–H and O–H groups in total. The van der Waals surface area contributed by atoms with Crippen LogP contribution in [0.3, 0.4) is 0 Å². The molecule has 0 radical (unpaired) electrons. The molecule has 0 aliphatic carbocycles. The minimum Gasteiger partial charge on any atom is -0.367 e. The zero-order chi connectivity index (χ0) is 12.2. The van der Waals surface area contributed by atoms with Crippen LogP contribution in [-0.2, 0) is 11.3 Å². The summed E-state index contributed by atoms with van der Waals surface area (Å²) >= 11 is 0. The van der Waals surface area contributed by atoms with Crippen LogP contribution in [0.15, 0.2) is 54.6 Å². The van der Waals surface area contributed by atoms with E-state index in [-0.39, 0.29) is 18.5 Å². The van der Waals surface area contributed by atoms with E-state index in [1.165, 1.54) is 16.7 Å². The van der Waals surface area contributed by atoms with Gasteiger partial charge in [0, 0.05) is 13.1 Å². The Balaban J connectivity index is 0.00000133. The summed E-state index contributed by atoms with van der Waals surface area (Å²) in [5.41, 5.74) is 3.83. The number of nitrogens with one attached hydrogen (secondary N) is 1. The van der Waals surface area contributed by atoms with Crippen LogP contribution in [0.2, 0.25) is 0 Å². The number of hydrogen-bond donors (Lipinski definition) is 1. The van der Waals surface area contributed by atoms with Crippen LogP contribution >= 0.6 is 12.4 Å². The first-order valence-corrected chi connectivity index (χ1v) is 6.40. The van der Waals surface area contributed by atoms with Gasteiger partial charge in [0.2, 0.25) is 0 Å². The highest BCUT2D eigenvalue weighted by Gasteiger charge is 2.19. The fourth-order valence-corrected chi connectivity index (χ4v) is 2.42. The summed E-state index contributed by atoms with van der Waals surface area (Å²) < 4.78 is 6.03. The van der Waals surface area contributed by atoms with Crippen LogP contribution in [0.5, 0.6) is 0 Å². The predicted molar refractivity (Wildman–Crippen MR) is 79.6 cm³/mol. The van der Waals surface area contributed by atoms with Gasteiger partial charge in [0.05, 0.1) is 6.61 Å². The summed E-state index contributed by atoms with van der Waals surface area (Å²) in [6, 6.07) is 19.0. The molecule has 100 valence electrons. The van der Waals surface area contributed by atoms with Crippen molar-refractivity contribution in [1.82, 2.24) is 5.32 Å². The SMILES string of the molecule is Cl.c1ccc(C2OCCNCc3ccccc32)cc1. The van der Waals surface area contributed by atoms with E-state index >= 15 is 0 Å². The Bertz CT molecular complexity index is 515. The molecular formula is C16H18ClNO. The van der Waals surface area contributed by atoms with Crippen LogP contribution in [0, 0.1) is 0 Å². The lowest BCUT2D eigenvalue weighted by Crippen LogP contribution is -2.25. The van der Waals surface area contributed by atoms with E-state index < -0.39 is 0 Å². The highest BCUT2D eigenvalue weighted by molar-refractivity contribution is 5.85. The zero-order valence-corrected chi connectivity index (χ0v) is 11.5. The topological polar surface area (TPSA) is 21.3 Å². The quantitative estimate of drug-likeness (QED) is 0.862. The van der Waals surface area contributed by atoms with Crippen molar-refractivity contribution in [3.8, 4) is 0 Å². The van der Waals surface area contributed by atoms with Crippen LogP contribution in [0.1, 0.15) is 22.8 Å². The first-order valence-electron chi connectivity index (χ1n) is 6.40. The van der Waals surface area contributed by atoms with Crippen LogP contribution in [0.25, 0.3) is 0 Å². The number of hydrogen-bond acceptors (Lipinski definition) is 2. The van der Waals surface area contributed by atoms with Gasteiger partial charge < -0.3 is 10.1 Å². The van der Waals surface area contributed by atoms with E-state index in [0.29, 0.717) is 0 Å². The van der Waals surface area contributed by atoms with Crippen molar-refractivity contribution in [2.75, 3.05) is 13.2 Å². The van der Waals surface area contributed by atoms with E-state index in [1.807, 2.05) is 6.07 Å². The maximum absolute atomic E-state index is 6.03. The second-order valence-corrected chi connectivity index (χ2v) is 4.54. The smallest absolute Gasteiger partial charge is 0.108 e. The van der Waals surface area contributed by atoms with Crippen molar-refractivity contribution in [3.63, 3.8) is 0 Å². The van der Waals surface area contributed by atoms with Crippen molar-refractivity contribution < 1.29 is 4.74 Å². The third-order valence-electron chi connectivity index (χ3n) is 3.32. The van der Waals surface area contributed by atoms with Crippen LogP contribution < -0.4 is 5.32 Å². The Morgan fingerprint density at radius 1 is 0.947 bits per heavy atom. The second-order valence-electron chi connectivity index (χ2n) is 4.54. The van der Waals surface area contributed by atoms with Crippen molar-refractivity contribution in [1.29, 1.82) is 0 Å². The Morgan fingerprint density at radius 3 is 2.53 bits per heavy atom. The van der Waals surface area contributed by atoms with Crippen molar-refractivity contribution in [2.45, 2.75) is 12.6 Å². The zero-order valence-electron chi connectivity index (χ0n) is 10.7. The largest absolute Gasteiger partial charge is 0.367 e. The lowest BCUT2D eigenvalue weighted by Gasteiger charge is -2.24. The lowest BCUT2D eigenvalue weighted by atomic mass is 9.96. The number of fused-ring (bicyclic) bond motifs is 1. The van der Waals surface area contributed by atoms with Gasteiger partial charge in [-0.1, -0.05) is 54.6 Å². The molecule has 0 aromatic heterocycles.